The fourth-order valence-electron chi connectivity index (χ4n) is 1.15. The predicted octanol–water partition coefficient (Wildman–Crippen LogP) is 3.01. The Morgan fingerprint density at radius 3 is 2.62 bits per heavy atom. The Morgan fingerprint density at radius 1 is 1.54 bits per heavy atom. The Labute approximate surface area is 105 Å². The number of rotatable bonds is 2. The van der Waals surface area contributed by atoms with E-state index in [-0.39, 0.29) is 38.5 Å². The maximum atomic E-state index is 9.24. The van der Waals surface area contributed by atoms with Crippen molar-refractivity contribution in [2.75, 3.05) is 0 Å². The summed E-state index contributed by atoms with van der Waals surface area (Å²) in [4.78, 5) is 0. The van der Waals surface area contributed by atoms with Crippen LogP contribution in [0.3, 0.4) is 0 Å². The van der Waals surface area contributed by atoms with Gasteiger partial charge in [-0.1, -0.05) is 33.1 Å². The van der Waals surface area contributed by atoms with Crippen molar-refractivity contribution < 1.29 is 37.8 Å². The Hall–Kier alpha value is 0.124. The molecule has 0 fully saturated rings. The molecule has 0 bridgehead atoms. The number of phenols is 1. The first-order chi connectivity index (χ1) is 5.65. The minimum absolute atomic E-state index is 0. The first kappa shape index (κ1) is 13.1. The van der Waals surface area contributed by atoms with Gasteiger partial charge in [0.25, 0.3) is 0 Å². The quantitative estimate of drug-likeness (QED) is 0.802. The second-order valence-corrected chi connectivity index (χ2v) is 3.27. The van der Waals surface area contributed by atoms with Crippen LogP contribution < -0.4 is 0 Å². The van der Waals surface area contributed by atoms with Crippen molar-refractivity contribution in [2.24, 2.45) is 0 Å². The molecule has 0 radical (unpaired) electrons. The van der Waals surface area contributed by atoms with Crippen LogP contribution in [0, 0.1) is 13.0 Å². The van der Waals surface area contributed by atoms with Crippen LogP contribution in [0.1, 0.15) is 37.3 Å². The van der Waals surface area contributed by atoms with E-state index in [1.165, 1.54) is 5.56 Å². The van der Waals surface area contributed by atoms with Gasteiger partial charge in [0.1, 0.15) is 0 Å². The summed E-state index contributed by atoms with van der Waals surface area (Å²) < 4.78 is 0. The molecular weight excluding hydrogens is 237 g/mol. The van der Waals surface area contributed by atoms with E-state index in [9.17, 15) is 5.11 Å². The molecule has 1 N–H and O–H groups in total. The molecule has 1 atom stereocenters. The molecular formula is C11H15OY+2. The molecule has 0 aliphatic carbocycles. The third kappa shape index (κ3) is 3.40. The van der Waals surface area contributed by atoms with Gasteiger partial charge >= 0.3 is 32.7 Å². The van der Waals surface area contributed by atoms with E-state index in [2.05, 4.69) is 19.9 Å². The Kier molecular flexibility index (Phi) is 5.83. The average Bonchev–Trinajstić information content (AvgIpc) is 2.08. The van der Waals surface area contributed by atoms with Gasteiger partial charge < -0.3 is 5.11 Å². The summed E-state index contributed by atoms with van der Waals surface area (Å²) in [6.07, 6.45) is 1.12. The molecule has 1 nitrogen and oxygen atoms in total. The summed E-state index contributed by atoms with van der Waals surface area (Å²) >= 11 is 0. The van der Waals surface area contributed by atoms with Gasteiger partial charge in [0.05, 0.1) is 0 Å². The van der Waals surface area contributed by atoms with Crippen molar-refractivity contribution in [1.82, 2.24) is 0 Å². The topological polar surface area (TPSA) is 20.2 Å². The van der Waals surface area contributed by atoms with Gasteiger partial charge in [-0.2, -0.15) is 17.7 Å². The SMILES string of the molecule is CCC(C)c1c[c-]c(O)c(C)c1.[Y+3]. The van der Waals surface area contributed by atoms with Gasteiger partial charge in [0.15, 0.2) is 0 Å². The van der Waals surface area contributed by atoms with E-state index >= 15 is 0 Å². The summed E-state index contributed by atoms with van der Waals surface area (Å²) in [6, 6.07) is 6.74. The molecule has 0 amide bonds. The third-order valence-corrected chi connectivity index (χ3v) is 2.31. The standard InChI is InChI=1S/C11H15O.Y/c1-4-8(2)10-5-6-11(12)9(3)7-10;/h5,7-8,12H,4H2,1-3H3;/q-1;+3. The van der Waals surface area contributed by atoms with Crippen LogP contribution in [0.25, 0.3) is 0 Å². The molecule has 0 heterocycles. The minimum Gasteiger partial charge on any atom is -0.534 e. The molecule has 1 aromatic carbocycles. The van der Waals surface area contributed by atoms with E-state index in [0.717, 1.165) is 12.0 Å². The minimum atomic E-state index is 0. The Morgan fingerprint density at radius 2 is 2.15 bits per heavy atom. The van der Waals surface area contributed by atoms with Crippen LogP contribution in [-0.4, -0.2) is 5.11 Å². The number of phenolic OH excluding ortho intramolecular Hbond substituents is 1. The van der Waals surface area contributed by atoms with Crippen molar-refractivity contribution in [3.8, 4) is 5.75 Å². The summed E-state index contributed by atoms with van der Waals surface area (Å²) in [6.45, 7) is 6.24. The average molecular weight is 252 g/mol. The number of aryl methyl sites for hydroxylation is 1. The molecule has 66 valence electrons. The van der Waals surface area contributed by atoms with Crippen molar-refractivity contribution >= 4 is 0 Å². The largest absolute Gasteiger partial charge is 3.00 e. The first-order valence-corrected chi connectivity index (χ1v) is 4.36. The normalized spacial score (nSPS) is 11.9. The molecule has 0 aromatic heterocycles. The molecule has 0 aliphatic heterocycles. The molecule has 1 aromatic rings. The maximum Gasteiger partial charge on any atom is 3.00 e. The molecule has 0 saturated carbocycles. The molecule has 13 heavy (non-hydrogen) atoms. The fourth-order valence-corrected chi connectivity index (χ4v) is 1.15. The van der Waals surface area contributed by atoms with Crippen LogP contribution in [0.15, 0.2) is 12.1 Å². The van der Waals surface area contributed by atoms with Crippen LogP contribution in [-0.2, 0) is 32.7 Å². The molecule has 0 saturated heterocycles. The van der Waals surface area contributed by atoms with E-state index in [4.69, 9.17) is 0 Å². The predicted molar refractivity (Wildman–Crippen MR) is 50.4 cm³/mol. The summed E-state index contributed by atoms with van der Waals surface area (Å²) in [5.74, 6) is 0.822. The zero-order chi connectivity index (χ0) is 9.14. The number of aromatic hydroxyl groups is 1. The second-order valence-electron chi connectivity index (χ2n) is 3.27. The smallest absolute Gasteiger partial charge is 0.534 e. The molecule has 0 spiro atoms. The van der Waals surface area contributed by atoms with E-state index < -0.39 is 0 Å². The van der Waals surface area contributed by atoms with E-state index in [1.807, 2.05) is 19.1 Å². The van der Waals surface area contributed by atoms with Gasteiger partial charge in [-0.15, -0.1) is 11.6 Å². The van der Waals surface area contributed by atoms with E-state index in [1.54, 1.807) is 0 Å². The van der Waals surface area contributed by atoms with Crippen molar-refractivity contribution in [1.29, 1.82) is 0 Å². The van der Waals surface area contributed by atoms with Gasteiger partial charge in [0.2, 0.25) is 0 Å². The third-order valence-electron chi connectivity index (χ3n) is 2.31. The van der Waals surface area contributed by atoms with Crippen molar-refractivity contribution in [3.63, 3.8) is 0 Å². The zero-order valence-corrected chi connectivity index (χ0v) is 11.3. The van der Waals surface area contributed by atoms with Crippen LogP contribution in [0.5, 0.6) is 5.75 Å². The number of hydrogen-bond acceptors (Lipinski definition) is 1. The Balaban J connectivity index is 0.00000144. The van der Waals surface area contributed by atoms with Crippen molar-refractivity contribution in [2.45, 2.75) is 33.1 Å². The number of benzene rings is 1. The molecule has 1 unspecified atom stereocenters. The Bertz CT molecular complexity index is 271. The van der Waals surface area contributed by atoms with Crippen LogP contribution >= 0.6 is 0 Å². The zero-order valence-electron chi connectivity index (χ0n) is 8.46. The second kappa shape index (κ2) is 5.77. The molecule has 2 heteroatoms. The first-order valence-electron chi connectivity index (χ1n) is 4.36. The van der Waals surface area contributed by atoms with Gasteiger partial charge in [-0.25, -0.2) is 0 Å². The summed E-state index contributed by atoms with van der Waals surface area (Å²) in [7, 11) is 0. The van der Waals surface area contributed by atoms with Gasteiger partial charge in [-0.3, -0.25) is 0 Å². The van der Waals surface area contributed by atoms with Gasteiger partial charge in [-0.05, 0) is 0 Å². The van der Waals surface area contributed by atoms with E-state index in [0.29, 0.717) is 5.92 Å². The number of hydrogen-bond donors (Lipinski definition) is 1. The molecule has 1 rings (SSSR count). The van der Waals surface area contributed by atoms with Crippen LogP contribution in [0.2, 0.25) is 0 Å². The van der Waals surface area contributed by atoms with Gasteiger partial charge in [0, 0.05) is 5.75 Å². The van der Waals surface area contributed by atoms with Crippen LogP contribution in [0.4, 0.5) is 0 Å². The fraction of sp³-hybridized carbons (Fsp3) is 0.455. The monoisotopic (exact) mass is 252 g/mol. The summed E-state index contributed by atoms with van der Waals surface area (Å²) in [5, 5.41) is 9.24. The molecule has 0 aliphatic rings. The summed E-state index contributed by atoms with van der Waals surface area (Å²) in [5.41, 5.74) is 2.17. The maximum absolute atomic E-state index is 9.24. The van der Waals surface area contributed by atoms with Crippen molar-refractivity contribution in [3.05, 3.63) is 29.3 Å².